The normalized spacial score (nSPS) is 11.9. The van der Waals surface area contributed by atoms with E-state index in [0.717, 1.165) is 0 Å². The van der Waals surface area contributed by atoms with Gasteiger partial charge in [0.1, 0.15) is 19.6 Å². The van der Waals surface area contributed by atoms with Gasteiger partial charge in [0.2, 0.25) is 0 Å². The average molecular weight is 220 g/mol. The molecule has 0 radical (unpaired) electrons. The Bertz CT molecular complexity index is 263. The van der Waals surface area contributed by atoms with Crippen molar-refractivity contribution in [2.24, 2.45) is 10.7 Å². The topological polar surface area (TPSA) is 38.4 Å². The molecule has 0 heterocycles. The standard InChI is InChI=1S/C13H22N3/c1-5-9-15-13(14)16(10-6-2,11-7-3)12-8-4/h5-8H,1-4,9-12H2,(H2,14,15)/q+1. The fourth-order valence-corrected chi connectivity index (χ4v) is 1.55. The van der Waals surface area contributed by atoms with E-state index in [0.29, 0.717) is 36.6 Å². The van der Waals surface area contributed by atoms with Crippen molar-refractivity contribution in [1.82, 2.24) is 0 Å². The Kier molecular flexibility index (Phi) is 6.88. The van der Waals surface area contributed by atoms with Crippen LogP contribution in [-0.2, 0) is 0 Å². The lowest BCUT2D eigenvalue weighted by atomic mass is 10.3. The first-order valence-corrected chi connectivity index (χ1v) is 5.27. The summed E-state index contributed by atoms with van der Waals surface area (Å²) in [5, 5.41) is 0. The monoisotopic (exact) mass is 220 g/mol. The van der Waals surface area contributed by atoms with Crippen LogP contribution in [0.4, 0.5) is 0 Å². The number of quaternary nitrogens is 1. The molecule has 0 unspecified atom stereocenters. The maximum Gasteiger partial charge on any atom is 0.296 e. The summed E-state index contributed by atoms with van der Waals surface area (Å²) in [6, 6.07) is 0. The second kappa shape index (κ2) is 7.65. The second-order valence-electron chi connectivity index (χ2n) is 3.55. The fourth-order valence-electron chi connectivity index (χ4n) is 1.55. The van der Waals surface area contributed by atoms with Gasteiger partial charge in [-0.2, -0.15) is 0 Å². The van der Waals surface area contributed by atoms with Gasteiger partial charge in [-0.3, -0.25) is 0 Å². The highest BCUT2D eigenvalue weighted by molar-refractivity contribution is 5.71. The van der Waals surface area contributed by atoms with Crippen molar-refractivity contribution >= 4 is 5.96 Å². The molecule has 2 N–H and O–H groups in total. The Labute approximate surface area is 98.6 Å². The summed E-state index contributed by atoms with van der Waals surface area (Å²) in [5.41, 5.74) is 6.03. The second-order valence-corrected chi connectivity index (χ2v) is 3.55. The minimum atomic E-state index is 0.504. The number of hydrogen-bond donors (Lipinski definition) is 1. The molecular formula is C13H22N3+. The average Bonchev–Trinajstić information content (AvgIpc) is 2.26. The Morgan fingerprint density at radius 1 is 0.938 bits per heavy atom. The first kappa shape index (κ1) is 14.4. The maximum absolute atomic E-state index is 6.03. The lowest BCUT2D eigenvalue weighted by Gasteiger charge is -2.33. The van der Waals surface area contributed by atoms with Crippen molar-refractivity contribution < 1.29 is 4.48 Å². The van der Waals surface area contributed by atoms with E-state index in [1.807, 2.05) is 18.2 Å². The summed E-state index contributed by atoms with van der Waals surface area (Å²) in [6.45, 7) is 17.6. The molecule has 3 heteroatoms. The van der Waals surface area contributed by atoms with Crippen LogP contribution >= 0.6 is 0 Å². The fraction of sp³-hybridized carbons (Fsp3) is 0.308. The van der Waals surface area contributed by atoms with Gasteiger partial charge in [-0.1, -0.05) is 25.8 Å². The van der Waals surface area contributed by atoms with Crippen LogP contribution in [0, 0.1) is 0 Å². The molecule has 0 amide bonds. The van der Waals surface area contributed by atoms with Crippen LogP contribution in [0.5, 0.6) is 0 Å². The SMILES string of the molecule is C=CC/N=C(\N)[N+](CC=C)(CC=C)CC=C. The third-order valence-electron chi connectivity index (χ3n) is 2.30. The number of nitrogens with two attached hydrogens (primary N) is 1. The van der Waals surface area contributed by atoms with Gasteiger partial charge in [0.15, 0.2) is 0 Å². The minimum absolute atomic E-state index is 0.504. The number of aliphatic imine (C=N–C) groups is 1. The summed E-state index contributed by atoms with van der Waals surface area (Å²) < 4.78 is 0.504. The minimum Gasteiger partial charge on any atom is -0.338 e. The van der Waals surface area contributed by atoms with E-state index in [2.05, 4.69) is 31.3 Å². The lowest BCUT2D eigenvalue weighted by molar-refractivity contribution is -0.824. The predicted molar refractivity (Wildman–Crippen MR) is 72.1 cm³/mol. The summed E-state index contributed by atoms with van der Waals surface area (Å²) in [7, 11) is 0. The van der Waals surface area contributed by atoms with Crippen molar-refractivity contribution in [3.63, 3.8) is 0 Å². The quantitative estimate of drug-likeness (QED) is 0.288. The number of nitrogens with zero attached hydrogens (tertiary/aromatic N) is 2. The molecule has 0 aromatic carbocycles. The molecule has 0 aliphatic carbocycles. The zero-order valence-electron chi connectivity index (χ0n) is 9.94. The molecule has 0 fully saturated rings. The first-order chi connectivity index (χ1) is 7.66. The highest BCUT2D eigenvalue weighted by atomic mass is 15.4. The molecule has 3 nitrogen and oxygen atoms in total. The molecule has 0 spiro atoms. The number of hydrogen-bond acceptors (Lipinski definition) is 1. The van der Waals surface area contributed by atoms with E-state index in [-0.39, 0.29) is 0 Å². The van der Waals surface area contributed by atoms with Crippen LogP contribution < -0.4 is 5.73 Å². The molecule has 0 aromatic rings. The third kappa shape index (κ3) is 3.87. The zero-order valence-corrected chi connectivity index (χ0v) is 9.94. The first-order valence-electron chi connectivity index (χ1n) is 5.27. The summed E-state index contributed by atoms with van der Waals surface area (Å²) >= 11 is 0. The molecule has 0 saturated heterocycles. The van der Waals surface area contributed by atoms with Crippen LogP contribution in [-0.4, -0.2) is 36.6 Å². The van der Waals surface area contributed by atoms with Gasteiger partial charge < -0.3 is 5.73 Å². The maximum atomic E-state index is 6.03. The molecule has 0 rings (SSSR count). The highest BCUT2D eigenvalue weighted by Gasteiger charge is 2.28. The highest BCUT2D eigenvalue weighted by Crippen LogP contribution is 2.08. The van der Waals surface area contributed by atoms with Gasteiger partial charge in [0, 0.05) is 0 Å². The Hall–Kier alpha value is -1.61. The molecule has 0 bridgehead atoms. The number of guanidine groups is 1. The largest absolute Gasteiger partial charge is 0.338 e. The van der Waals surface area contributed by atoms with Crippen LogP contribution in [0.1, 0.15) is 0 Å². The van der Waals surface area contributed by atoms with E-state index in [9.17, 15) is 0 Å². The molecular weight excluding hydrogens is 198 g/mol. The van der Waals surface area contributed by atoms with Crippen molar-refractivity contribution in [1.29, 1.82) is 0 Å². The predicted octanol–water partition coefficient (Wildman–Crippen LogP) is 1.86. The molecule has 0 aliphatic heterocycles. The zero-order chi connectivity index (χ0) is 12.4. The summed E-state index contributed by atoms with van der Waals surface area (Å²) in [5.74, 6) is 0.569. The van der Waals surface area contributed by atoms with Gasteiger partial charge in [0.05, 0.1) is 6.54 Å². The van der Waals surface area contributed by atoms with Crippen molar-refractivity contribution in [3.05, 3.63) is 50.6 Å². The smallest absolute Gasteiger partial charge is 0.296 e. The Morgan fingerprint density at radius 3 is 1.69 bits per heavy atom. The van der Waals surface area contributed by atoms with Gasteiger partial charge in [-0.25, -0.2) is 9.48 Å². The van der Waals surface area contributed by atoms with E-state index in [1.165, 1.54) is 0 Å². The van der Waals surface area contributed by atoms with Gasteiger partial charge >= 0.3 is 0 Å². The Balaban J connectivity index is 5.10. The Morgan fingerprint density at radius 2 is 1.38 bits per heavy atom. The molecule has 0 aromatic heterocycles. The van der Waals surface area contributed by atoms with Gasteiger partial charge in [0.25, 0.3) is 5.96 Å². The van der Waals surface area contributed by atoms with Gasteiger partial charge in [-0.15, -0.1) is 6.58 Å². The van der Waals surface area contributed by atoms with Crippen molar-refractivity contribution in [2.75, 3.05) is 26.2 Å². The molecule has 0 saturated carbocycles. The van der Waals surface area contributed by atoms with E-state index in [4.69, 9.17) is 5.73 Å². The third-order valence-corrected chi connectivity index (χ3v) is 2.30. The van der Waals surface area contributed by atoms with E-state index in [1.54, 1.807) is 6.08 Å². The van der Waals surface area contributed by atoms with Crippen LogP contribution in [0.2, 0.25) is 0 Å². The molecule has 0 atom stereocenters. The van der Waals surface area contributed by atoms with Crippen LogP contribution in [0.25, 0.3) is 0 Å². The summed E-state index contributed by atoms with van der Waals surface area (Å²) in [4.78, 5) is 4.28. The van der Waals surface area contributed by atoms with Gasteiger partial charge in [-0.05, 0) is 18.2 Å². The summed E-state index contributed by atoms with van der Waals surface area (Å²) in [6.07, 6.45) is 7.23. The number of rotatable bonds is 8. The molecule has 16 heavy (non-hydrogen) atoms. The lowest BCUT2D eigenvalue weighted by Crippen LogP contribution is -2.57. The van der Waals surface area contributed by atoms with E-state index >= 15 is 0 Å². The van der Waals surface area contributed by atoms with Crippen LogP contribution in [0.15, 0.2) is 55.6 Å². The van der Waals surface area contributed by atoms with Crippen LogP contribution in [0.3, 0.4) is 0 Å². The molecule has 88 valence electrons. The van der Waals surface area contributed by atoms with Crippen molar-refractivity contribution in [3.8, 4) is 0 Å². The molecule has 0 aliphatic rings. The van der Waals surface area contributed by atoms with E-state index < -0.39 is 0 Å². The van der Waals surface area contributed by atoms with Crippen molar-refractivity contribution in [2.45, 2.75) is 0 Å².